The van der Waals surface area contributed by atoms with Crippen LogP contribution in [0.2, 0.25) is 0 Å². The van der Waals surface area contributed by atoms with Crippen molar-refractivity contribution in [2.24, 2.45) is 34.6 Å². The summed E-state index contributed by atoms with van der Waals surface area (Å²) in [6.45, 7) is 5.60. The maximum atomic E-state index is 14.1. The number of anilines is 1. The molecule has 2 unspecified atom stereocenters. The molecule has 3 rings (SSSR count). The number of benzene rings is 1. The molecule has 230 valence electrons. The zero-order valence-electron chi connectivity index (χ0n) is 24.2. The first-order valence-electron chi connectivity index (χ1n) is 14.3. The first-order chi connectivity index (χ1) is 19.7. The summed E-state index contributed by atoms with van der Waals surface area (Å²) in [6, 6.07) is 4.66. The molecule has 2 heterocycles. The molecule has 2 aliphatic rings. The van der Waals surface area contributed by atoms with Gasteiger partial charge in [-0.25, -0.2) is 0 Å². The van der Waals surface area contributed by atoms with Crippen molar-refractivity contribution in [1.29, 1.82) is 0 Å². The molecule has 1 fully saturated rings. The van der Waals surface area contributed by atoms with Crippen LogP contribution in [0.25, 0.3) is 0 Å². The molecule has 2 aliphatic heterocycles. The molecular formula is C27H47N9O5. The van der Waals surface area contributed by atoms with Crippen LogP contribution in [0.3, 0.4) is 0 Å². The van der Waals surface area contributed by atoms with Crippen molar-refractivity contribution in [3.8, 4) is 5.75 Å². The Morgan fingerprint density at radius 3 is 2.49 bits per heavy atom. The molecule has 0 saturated carbocycles. The summed E-state index contributed by atoms with van der Waals surface area (Å²) in [5.74, 6) is -1.22. The lowest BCUT2D eigenvalue weighted by Gasteiger charge is -2.43. The SMILES string of the molecule is CC(C)C(CN)N(C(=O)c1ccc2c(c1)N(CCCOCN)C(=O)C(CN)(C(=O)N(CN)CN)O2)[C@@H]1CCCNC1. The van der Waals surface area contributed by atoms with E-state index < -0.39 is 24.0 Å². The molecule has 0 bridgehead atoms. The first kappa shape index (κ1) is 32.7. The Morgan fingerprint density at radius 1 is 1.20 bits per heavy atom. The van der Waals surface area contributed by atoms with E-state index in [1.54, 1.807) is 18.2 Å². The minimum absolute atomic E-state index is 0.0216. The van der Waals surface area contributed by atoms with E-state index in [9.17, 15) is 14.4 Å². The lowest BCUT2D eigenvalue weighted by Crippen LogP contribution is -2.69. The maximum Gasteiger partial charge on any atom is 0.282 e. The monoisotopic (exact) mass is 577 g/mol. The second-order valence-electron chi connectivity index (χ2n) is 10.7. The third-order valence-electron chi connectivity index (χ3n) is 7.79. The Morgan fingerprint density at radius 2 is 1.93 bits per heavy atom. The van der Waals surface area contributed by atoms with Crippen LogP contribution >= 0.6 is 0 Å². The zero-order valence-corrected chi connectivity index (χ0v) is 24.2. The molecule has 41 heavy (non-hydrogen) atoms. The van der Waals surface area contributed by atoms with E-state index in [1.807, 2.05) is 18.7 Å². The summed E-state index contributed by atoms with van der Waals surface area (Å²) >= 11 is 0. The third kappa shape index (κ3) is 6.80. The number of nitrogens with one attached hydrogen (secondary N) is 1. The molecule has 0 aliphatic carbocycles. The Labute approximate surface area is 241 Å². The first-order valence-corrected chi connectivity index (χ1v) is 14.3. The zero-order chi connectivity index (χ0) is 30.2. The van der Waals surface area contributed by atoms with Crippen LogP contribution in [-0.4, -0.2) is 105 Å². The summed E-state index contributed by atoms with van der Waals surface area (Å²) in [6.07, 6.45) is 2.23. The van der Waals surface area contributed by atoms with Gasteiger partial charge in [-0.05, 0) is 49.9 Å². The molecule has 1 aromatic carbocycles. The van der Waals surface area contributed by atoms with Crippen LogP contribution in [0.5, 0.6) is 5.75 Å². The van der Waals surface area contributed by atoms with Crippen LogP contribution in [0.4, 0.5) is 5.69 Å². The average Bonchev–Trinajstić information content (AvgIpc) is 2.99. The van der Waals surface area contributed by atoms with Gasteiger partial charge in [0.05, 0.1) is 38.9 Å². The summed E-state index contributed by atoms with van der Waals surface area (Å²) in [7, 11) is 0. The highest BCUT2D eigenvalue weighted by Crippen LogP contribution is 2.40. The Balaban J connectivity index is 2.07. The number of carbonyl (C=O) groups excluding carboxylic acids is 3. The van der Waals surface area contributed by atoms with Crippen molar-refractivity contribution in [2.45, 2.75) is 50.8 Å². The number of nitrogens with zero attached hydrogens (tertiary/aromatic N) is 3. The molecule has 1 saturated heterocycles. The Hall–Kier alpha value is -2.85. The van der Waals surface area contributed by atoms with Crippen LogP contribution in [-0.2, 0) is 14.3 Å². The fourth-order valence-corrected chi connectivity index (χ4v) is 5.50. The van der Waals surface area contributed by atoms with E-state index in [1.165, 1.54) is 4.90 Å². The van der Waals surface area contributed by atoms with Gasteiger partial charge < -0.3 is 58.2 Å². The van der Waals surface area contributed by atoms with Crippen LogP contribution in [0.1, 0.15) is 43.5 Å². The van der Waals surface area contributed by atoms with Gasteiger partial charge in [0.1, 0.15) is 5.75 Å². The third-order valence-corrected chi connectivity index (χ3v) is 7.79. The fraction of sp³-hybridized carbons (Fsp3) is 0.667. The van der Waals surface area contributed by atoms with Crippen molar-refractivity contribution in [3.63, 3.8) is 0 Å². The maximum absolute atomic E-state index is 14.1. The van der Waals surface area contributed by atoms with E-state index in [4.69, 9.17) is 38.1 Å². The van der Waals surface area contributed by atoms with Crippen molar-refractivity contribution in [1.82, 2.24) is 15.1 Å². The quantitative estimate of drug-likeness (QED) is 0.0828. The highest BCUT2D eigenvalue weighted by Gasteiger charge is 2.55. The van der Waals surface area contributed by atoms with Gasteiger partial charge in [0, 0.05) is 37.3 Å². The summed E-state index contributed by atoms with van der Waals surface area (Å²) in [5.41, 5.74) is 27.8. The highest BCUT2D eigenvalue weighted by atomic mass is 16.5. The van der Waals surface area contributed by atoms with Crippen LogP contribution in [0.15, 0.2) is 18.2 Å². The number of ether oxygens (including phenoxy) is 2. The average molecular weight is 578 g/mol. The minimum Gasteiger partial charge on any atom is -0.464 e. The lowest BCUT2D eigenvalue weighted by atomic mass is 9.94. The molecule has 0 spiro atoms. The number of nitrogens with two attached hydrogens (primary N) is 5. The van der Waals surface area contributed by atoms with Crippen molar-refractivity contribution >= 4 is 23.4 Å². The minimum atomic E-state index is -2.06. The van der Waals surface area contributed by atoms with E-state index in [2.05, 4.69) is 5.32 Å². The number of carbonyl (C=O) groups is 3. The molecule has 14 nitrogen and oxygen atoms in total. The van der Waals surface area contributed by atoms with Gasteiger partial charge >= 0.3 is 0 Å². The highest BCUT2D eigenvalue weighted by molar-refractivity contribution is 6.17. The second kappa shape index (κ2) is 14.9. The van der Waals surface area contributed by atoms with Gasteiger partial charge in [-0.1, -0.05) is 13.8 Å². The molecule has 3 atom stereocenters. The topological polar surface area (TPSA) is 222 Å². The van der Waals surface area contributed by atoms with Crippen molar-refractivity contribution in [3.05, 3.63) is 23.8 Å². The van der Waals surface area contributed by atoms with Crippen molar-refractivity contribution < 1.29 is 23.9 Å². The van der Waals surface area contributed by atoms with Gasteiger partial charge in [0.25, 0.3) is 23.3 Å². The summed E-state index contributed by atoms with van der Waals surface area (Å²) < 4.78 is 11.3. The predicted molar refractivity (Wildman–Crippen MR) is 156 cm³/mol. The lowest BCUT2D eigenvalue weighted by molar-refractivity contribution is -0.156. The number of amides is 3. The number of fused-ring (bicyclic) bond motifs is 1. The largest absolute Gasteiger partial charge is 0.464 e. The van der Waals surface area contributed by atoms with Gasteiger partial charge in [0.2, 0.25) is 0 Å². The molecule has 1 aromatic rings. The number of hydrogen-bond donors (Lipinski definition) is 6. The fourth-order valence-electron chi connectivity index (χ4n) is 5.50. The molecule has 11 N–H and O–H groups in total. The molecule has 3 amide bonds. The van der Waals surface area contributed by atoms with E-state index in [0.717, 1.165) is 24.3 Å². The molecular weight excluding hydrogens is 530 g/mol. The van der Waals surface area contributed by atoms with Gasteiger partial charge in [0.15, 0.2) is 0 Å². The van der Waals surface area contributed by atoms with E-state index in [-0.39, 0.29) is 62.9 Å². The summed E-state index contributed by atoms with van der Waals surface area (Å²) in [5, 5.41) is 3.39. The predicted octanol–water partition coefficient (Wildman–Crippen LogP) is -1.73. The van der Waals surface area contributed by atoms with E-state index in [0.29, 0.717) is 30.8 Å². The molecule has 0 radical (unpaired) electrons. The van der Waals surface area contributed by atoms with E-state index >= 15 is 0 Å². The summed E-state index contributed by atoms with van der Waals surface area (Å²) in [4.78, 5) is 46.0. The van der Waals surface area contributed by atoms with Crippen LogP contribution in [0, 0.1) is 5.92 Å². The Kier molecular flexibility index (Phi) is 11.8. The number of hydrogen-bond acceptors (Lipinski definition) is 11. The normalized spacial score (nSPS) is 21.3. The van der Waals surface area contributed by atoms with Gasteiger partial charge in [-0.15, -0.1) is 0 Å². The Bertz CT molecular complexity index is 1050. The number of piperidine rings is 1. The molecule has 14 heteroatoms. The molecule has 0 aromatic heterocycles. The standard InChI is InChI=1S/C27H47N9O5/c1-18(2)22(12-28)36(20-5-3-8-33-13-20)24(37)19-6-7-23-21(11-19)35(9-4-10-40-17-32)26(39)27(14-29,41-23)25(38)34(15-30)16-31/h6-7,11,18,20,22,33H,3-5,8-10,12-17,28-32H2,1-2H3/t20-,22?,27?/m1/s1. The van der Waals surface area contributed by atoms with Crippen molar-refractivity contribution in [2.75, 3.05) is 64.3 Å². The number of rotatable bonds is 14. The van der Waals surface area contributed by atoms with Gasteiger partial charge in [-0.3, -0.25) is 14.4 Å². The van der Waals surface area contributed by atoms with Gasteiger partial charge in [-0.2, -0.15) is 0 Å². The smallest absolute Gasteiger partial charge is 0.282 e. The van der Waals surface area contributed by atoms with Crippen LogP contribution < -0.4 is 43.6 Å². The second-order valence-corrected chi connectivity index (χ2v) is 10.7.